The van der Waals surface area contributed by atoms with E-state index in [0.717, 1.165) is 29.8 Å². The number of nitrogens with one attached hydrogen (secondary N) is 1. The number of hydrogen-bond acceptors (Lipinski definition) is 4. The minimum Gasteiger partial charge on any atom is -0.478 e. The first-order valence-corrected chi connectivity index (χ1v) is 10.3. The van der Waals surface area contributed by atoms with Gasteiger partial charge in [-0.25, -0.2) is 9.78 Å². The van der Waals surface area contributed by atoms with Crippen molar-refractivity contribution >= 4 is 11.9 Å². The molecule has 1 amide bonds. The van der Waals surface area contributed by atoms with Crippen LogP contribution in [0.4, 0.5) is 0 Å². The molecule has 1 aromatic heterocycles. The number of amides is 1. The molecule has 0 saturated heterocycles. The number of hydrogen-bond donors (Lipinski definition) is 3. The van der Waals surface area contributed by atoms with Crippen molar-refractivity contribution in [2.45, 2.75) is 39.3 Å². The van der Waals surface area contributed by atoms with E-state index in [1.54, 1.807) is 25.2 Å². The average Bonchev–Trinajstić information content (AvgIpc) is 3.14. The van der Waals surface area contributed by atoms with Crippen molar-refractivity contribution < 1.29 is 19.8 Å². The van der Waals surface area contributed by atoms with E-state index in [4.69, 9.17) is 0 Å². The van der Waals surface area contributed by atoms with Crippen molar-refractivity contribution in [1.29, 1.82) is 0 Å². The van der Waals surface area contributed by atoms with Crippen molar-refractivity contribution in [2.24, 2.45) is 0 Å². The summed E-state index contributed by atoms with van der Waals surface area (Å²) in [5.41, 5.74) is 3.40. The molecule has 31 heavy (non-hydrogen) atoms. The van der Waals surface area contributed by atoms with Gasteiger partial charge in [-0.15, -0.1) is 0 Å². The molecule has 7 nitrogen and oxygen atoms in total. The molecule has 3 N–H and O–H groups in total. The predicted molar refractivity (Wildman–Crippen MR) is 118 cm³/mol. The van der Waals surface area contributed by atoms with Gasteiger partial charge in [-0.3, -0.25) is 4.79 Å². The Morgan fingerprint density at radius 2 is 1.81 bits per heavy atom. The number of aromatic nitrogens is 2. The molecule has 0 radical (unpaired) electrons. The first-order valence-electron chi connectivity index (χ1n) is 10.3. The van der Waals surface area contributed by atoms with Crippen molar-refractivity contribution in [3.8, 4) is 11.1 Å². The number of rotatable bonds is 9. The SMILES string of the molecule is CCCCc1nc(CO)c(C(=O)NC)n1Cc1ccc(-c2ccccc2C(=O)O)cc1. The smallest absolute Gasteiger partial charge is 0.336 e. The maximum atomic E-state index is 12.5. The van der Waals surface area contributed by atoms with Gasteiger partial charge in [-0.1, -0.05) is 55.8 Å². The van der Waals surface area contributed by atoms with Gasteiger partial charge in [0.05, 0.1) is 17.9 Å². The topological polar surface area (TPSA) is 104 Å². The lowest BCUT2D eigenvalue weighted by Crippen LogP contribution is -2.24. The Bertz CT molecular complexity index is 1070. The highest BCUT2D eigenvalue weighted by molar-refractivity contribution is 5.96. The van der Waals surface area contributed by atoms with Crippen molar-refractivity contribution in [1.82, 2.24) is 14.9 Å². The second-order valence-corrected chi connectivity index (χ2v) is 7.30. The lowest BCUT2D eigenvalue weighted by Gasteiger charge is -2.13. The summed E-state index contributed by atoms with van der Waals surface area (Å²) >= 11 is 0. The van der Waals surface area contributed by atoms with Crippen LogP contribution in [0.5, 0.6) is 0 Å². The Kier molecular flexibility index (Phi) is 7.20. The number of imidazole rings is 1. The number of carboxylic acids is 1. The molecule has 1 heterocycles. The first-order chi connectivity index (χ1) is 15.0. The number of unbranched alkanes of at least 4 members (excludes halogenated alkanes) is 1. The van der Waals surface area contributed by atoms with Gasteiger partial charge >= 0.3 is 5.97 Å². The van der Waals surface area contributed by atoms with E-state index < -0.39 is 5.97 Å². The average molecular weight is 421 g/mol. The standard InChI is InChI=1S/C24H27N3O4/c1-3-4-9-21-26-20(15-28)22(23(29)25-2)27(21)14-16-10-12-17(13-11-16)18-7-5-6-8-19(18)24(30)31/h5-8,10-13,28H,3-4,9,14-15H2,1-2H3,(H,25,29)(H,30,31). The molecule has 0 unspecified atom stereocenters. The zero-order valence-electron chi connectivity index (χ0n) is 17.8. The maximum Gasteiger partial charge on any atom is 0.336 e. The van der Waals surface area contributed by atoms with E-state index in [9.17, 15) is 19.8 Å². The highest BCUT2D eigenvalue weighted by atomic mass is 16.4. The molecule has 3 aromatic rings. The summed E-state index contributed by atoms with van der Waals surface area (Å²) < 4.78 is 1.86. The van der Waals surface area contributed by atoms with Gasteiger partial charge in [0, 0.05) is 20.0 Å². The Labute approximate surface area is 181 Å². The molecule has 0 aliphatic carbocycles. The molecular weight excluding hydrogens is 394 g/mol. The second-order valence-electron chi connectivity index (χ2n) is 7.30. The van der Waals surface area contributed by atoms with Gasteiger partial charge in [0.25, 0.3) is 5.91 Å². The van der Waals surface area contributed by atoms with Gasteiger partial charge in [0.15, 0.2) is 0 Å². The fourth-order valence-electron chi connectivity index (χ4n) is 3.63. The van der Waals surface area contributed by atoms with E-state index in [1.807, 2.05) is 34.9 Å². The Balaban J connectivity index is 1.96. The normalized spacial score (nSPS) is 10.8. The molecule has 0 spiro atoms. The zero-order valence-corrected chi connectivity index (χ0v) is 17.8. The number of nitrogens with zero attached hydrogens (tertiary/aromatic N) is 2. The van der Waals surface area contributed by atoms with Crippen LogP contribution < -0.4 is 5.32 Å². The summed E-state index contributed by atoms with van der Waals surface area (Å²) in [6.45, 7) is 2.21. The molecule has 162 valence electrons. The van der Waals surface area contributed by atoms with Gasteiger partial charge in [0.1, 0.15) is 11.5 Å². The number of carbonyl (C=O) groups excluding carboxylic acids is 1. The summed E-state index contributed by atoms with van der Waals surface area (Å²) in [5, 5.41) is 21.8. The van der Waals surface area contributed by atoms with Crippen LogP contribution in [-0.4, -0.2) is 38.7 Å². The quantitative estimate of drug-likeness (QED) is 0.491. The molecule has 0 aliphatic heterocycles. The number of benzene rings is 2. The Hall–Kier alpha value is -3.45. The fourth-order valence-corrected chi connectivity index (χ4v) is 3.63. The van der Waals surface area contributed by atoms with Crippen LogP contribution in [0.15, 0.2) is 48.5 Å². The molecule has 3 rings (SSSR count). The fraction of sp³-hybridized carbons (Fsp3) is 0.292. The van der Waals surface area contributed by atoms with Crippen LogP contribution in [0.2, 0.25) is 0 Å². The monoisotopic (exact) mass is 421 g/mol. The Morgan fingerprint density at radius 1 is 1.10 bits per heavy atom. The zero-order chi connectivity index (χ0) is 22.4. The third-order valence-electron chi connectivity index (χ3n) is 5.23. The molecule has 0 fully saturated rings. The maximum absolute atomic E-state index is 12.5. The number of aliphatic hydroxyl groups is 1. The van der Waals surface area contributed by atoms with Crippen LogP contribution in [0, 0.1) is 0 Å². The predicted octanol–water partition coefficient (Wildman–Crippen LogP) is 3.49. The number of aromatic carboxylic acids is 1. The molecule has 0 atom stereocenters. The molecule has 2 aromatic carbocycles. The van der Waals surface area contributed by atoms with Gasteiger partial charge in [-0.2, -0.15) is 0 Å². The molecule has 0 aliphatic rings. The number of carboxylic acid groups (broad SMARTS) is 1. The van der Waals surface area contributed by atoms with Crippen LogP contribution in [0.25, 0.3) is 11.1 Å². The lowest BCUT2D eigenvalue weighted by molar-refractivity contribution is 0.0697. The van der Waals surface area contributed by atoms with Crippen LogP contribution in [0.1, 0.15) is 57.7 Å². The summed E-state index contributed by atoms with van der Waals surface area (Å²) in [6, 6.07) is 14.5. The van der Waals surface area contributed by atoms with E-state index >= 15 is 0 Å². The number of carbonyl (C=O) groups is 2. The van der Waals surface area contributed by atoms with Gasteiger partial charge < -0.3 is 20.1 Å². The van der Waals surface area contributed by atoms with E-state index in [-0.39, 0.29) is 18.1 Å². The van der Waals surface area contributed by atoms with E-state index in [2.05, 4.69) is 17.2 Å². The largest absolute Gasteiger partial charge is 0.478 e. The first kappa shape index (κ1) is 22.2. The van der Waals surface area contributed by atoms with E-state index in [1.165, 1.54) is 0 Å². The van der Waals surface area contributed by atoms with Gasteiger partial charge in [-0.05, 0) is 29.2 Å². The molecule has 7 heteroatoms. The highest BCUT2D eigenvalue weighted by Crippen LogP contribution is 2.25. The van der Waals surface area contributed by atoms with Crippen LogP contribution >= 0.6 is 0 Å². The van der Waals surface area contributed by atoms with Gasteiger partial charge in [0.2, 0.25) is 0 Å². The molecule has 0 bridgehead atoms. The minimum atomic E-state index is -0.967. The number of aliphatic hydroxyl groups excluding tert-OH is 1. The van der Waals surface area contributed by atoms with Crippen molar-refractivity contribution in [2.75, 3.05) is 7.05 Å². The summed E-state index contributed by atoms with van der Waals surface area (Å²) in [7, 11) is 1.56. The Morgan fingerprint density at radius 3 is 2.42 bits per heavy atom. The third-order valence-corrected chi connectivity index (χ3v) is 5.23. The number of aryl methyl sites for hydroxylation is 1. The summed E-state index contributed by atoms with van der Waals surface area (Å²) in [4.78, 5) is 28.5. The summed E-state index contributed by atoms with van der Waals surface area (Å²) in [6.07, 6.45) is 2.64. The van der Waals surface area contributed by atoms with Crippen LogP contribution in [-0.2, 0) is 19.6 Å². The summed E-state index contributed by atoms with van der Waals surface area (Å²) in [5.74, 6) is -0.485. The highest BCUT2D eigenvalue weighted by Gasteiger charge is 2.22. The van der Waals surface area contributed by atoms with Crippen LogP contribution in [0.3, 0.4) is 0 Å². The molecule has 0 saturated carbocycles. The second kappa shape index (κ2) is 10.0. The minimum absolute atomic E-state index is 0.251. The lowest BCUT2D eigenvalue weighted by atomic mass is 9.98. The van der Waals surface area contributed by atoms with Crippen molar-refractivity contribution in [3.63, 3.8) is 0 Å². The molecular formula is C24H27N3O4. The third kappa shape index (κ3) is 4.83. The van der Waals surface area contributed by atoms with E-state index in [0.29, 0.717) is 29.9 Å². The van der Waals surface area contributed by atoms with Crippen molar-refractivity contribution in [3.05, 3.63) is 76.9 Å².